The van der Waals surface area contributed by atoms with Gasteiger partial charge in [-0.1, -0.05) is 0 Å². The second-order valence-electron chi connectivity index (χ2n) is 4.42. The van der Waals surface area contributed by atoms with Crippen LogP contribution in [0.2, 0.25) is 0 Å². The van der Waals surface area contributed by atoms with Crippen LogP contribution >= 0.6 is 11.3 Å². The number of carboxylic acids is 1. The molecule has 8 heteroatoms. The van der Waals surface area contributed by atoms with E-state index >= 15 is 0 Å². The quantitative estimate of drug-likeness (QED) is 0.849. The smallest absolute Gasteiger partial charge is 0.335 e. The van der Waals surface area contributed by atoms with Crippen LogP contribution in [0.5, 0.6) is 0 Å². The molecule has 2 unspecified atom stereocenters. The number of aromatic nitrogens is 1. The van der Waals surface area contributed by atoms with E-state index in [1.54, 1.807) is 0 Å². The topological polar surface area (TPSA) is 89.0 Å². The largest absolute Gasteiger partial charge is 0.479 e. The van der Waals surface area contributed by atoms with Crippen LogP contribution in [0.3, 0.4) is 0 Å². The molecule has 110 valence electrons. The second kappa shape index (κ2) is 6.29. The van der Waals surface area contributed by atoms with Crippen molar-refractivity contribution in [1.29, 1.82) is 0 Å². The number of aryl methyl sites for hydroxylation is 1. The number of carboxylic acid groups (broad SMARTS) is 1. The van der Waals surface area contributed by atoms with Crippen LogP contribution in [-0.4, -0.2) is 59.8 Å². The average Bonchev–Trinajstić information content (AvgIpc) is 2.83. The zero-order valence-corrected chi connectivity index (χ0v) is 12.1. The lowest BCUT2D eigenvalue weighted by Crippen LogP contribution is -2.52. The number of hydrogen-bond acceptors (Lipinski definition) is 6. The average molecular weight is 300 g/mol. The normalized spacial score (nSPS) is 23.1. The molecule has 0 saturated carbocycles. The van der Waals surface area contributed by atoms with Crippen LogP contribution in [0.25, 0.3) is 0 Å². The first-order valence-electron chi connectivity index (χ1n) is 6.09. The van der Waals surface area contributed by atoms with E-state index in [0.717, 1.165) is 5.69 Å². The fourth-order valence-electron chi connectivity index (χ4n) is 2.08. The standard InChI is InChI=1S/C12H16N2O5S/c1-7-6-20-11(13-7)9-10(12(16)17)19-5-8(15)14(9)3-4-18-2/h6,9-10H,3-5H2,1-2H3,(H,16,17). The lowest BCUT2D eigenvalue weighted by molar-refractivity contribution is -0.173. The number of carbonyl (C=O) groups excluding carboxylic acids is 1. The number of thiazole rings is 1. The Hall–Kier alpha value is -1.51. The van der Waals surface area contributed by atoms with E-state index < -0.39 is 18.1 Å². The van der Waals surface area contributed by atoms with E-state index in [2.05, 4.69) is 4.98 Å². The Kier molecular flexibility index (Phi) is 4.69. The van der Waals surface area contributed by atoms with Gasteiger partial charge in [0.2, 0.25) is 5.91 Å². The molecule has 1 saturated heterocycles. The highest BCUT2D eigenvalue weighted by Crippen LogP contribution is 2.32. The van der Waals surface area contributed by atoms with Gasteiger partial charge < -0.3 is 19.5 Å². The third kappa shape index (κ3) is 2.97. The molecule has 1 aliphatic heterocycles. The van der Waals surface area contributed by atoms with Crippen molar-refractivity contribution >= 4 is 23.2 Å². The molecule has 0 radical (unpaired) electrons. The number of morpholine rings is 1. The van der Waals surface area contributed by atoms with Crippen molar-refractivity contribution < 1.29 is 24.2 Å². The number of amides is 1. The van der Waals surface area contributed by atoms with Gasteiger partial charge in [-0.15, -0.1) is 11.3 Å². The van der Waals surface area contributed by atoms with Gasteiger partial charge in [0.25, 0.3) is 0 Å². The van der Waals surface area contributed by atoms with Crippen molar-refractivity contribution in [2.45, 2.75) is 19.1 Å². The maximum atomic E-state index is 12.0. The van der Waals surface area contributed by atoms with Crippen molar-refractivity contribution in [2.24, 2.45) is 0 Å². The zero-order valence-electron chi connectivity index (χ0n) is 11.2. The Bertz CT molecular complexity index is 504. The molecule has 1 aromatic heterocycles. The molecule has 1 aliphatic rings. The molecule has 1 N–H and O–H groups in total. The third-order valence-electron chi connectivity index (χ3n) is 3.00. The summed E-state index contributed by atoms with van der Waals surface area (Å²) >= 11 is 1.33. The zero-order chi connectivity index (χ0) is 14.7. The number of nitrogens with zero attached hydrogens (tertiary/aromatic N) is 2. The highest BCUT2D eigenvalue weighted by molar-refractivity contribution is 7.09. The summed E-state index contributed by atoms with van der Waals surface area (Å²) in [5.41, 5.74) is 0.791. The predicted molar refractivity (Wildman–Crippen MR) is 70.6 cm³/mol. The molecule has 0 aliphatic carbocycles. The van der Waals surface area contributed by atoms with Crippen LogP contribution in [0, 0.1) is 6.92 Å². The van der Waals surface area contributed by atoms with Crippen molar-refractivity contribution in [3.8, 4) is 0 Å². The van der Waals surface area contributed by atoms with E-state index in [1.165, 1.54) is 23.3 Å². The van der Waals surface area contributed by atoms with E-state index in [1.807, 2.05) is 12.3 Å². The molecule has 2 heterocycles. The number of hydrogen-bond donors (Lipinski definition) is 1. The summed E-state index contributed by atoms with van der Waals surface area (Å²) in [6.45, 7) is 2.23. The highest BCUT2D eigenvalue weighted by atomic mass is 32.1. The molecular formula is C12H16N2O5S. The molecular weight excluding hydrogens is 284 g/mol. The Labute approximate surface area is 120 Å². The number of ether oxygens (including phenoxy) is 2. The van der Waals surface area contributed by atoms with Crippen LogP contribution in [0.15, 0.2) is 5.38 Å². The summed E-state index contributed by atoms with van der Waals surface area (Å²) < 4.78 is 10.2. The van der Waals surface area contributed by atoms with Crippen LogP contribution < -0.4 is 0 Å². The maximum Gasteiger partial charge on any atom is 0.335 e. The van der Waals surface area contributed by atoms with Crippen molar-refractivity contribution in [3.05, 3.63) is 16.1 Å². The minimum atomic E-state index is -1.10. The molecule has 1 amide bonds. The summed E-state index contributed by atoms with van der Waals surface area (Å²) in [7, 11) is 1.53. The Morgan fingerprint density at radius 1 is 1.70 bits per heavy atom. The summed E-state index contributed by atoms with van der Waals surface area (Å²) in [5.74, 6) is -1.35. The molecule has 2 rings (SSSR count). The maximum absolute atomic E-state index is 12.0. The minimum Gasteiger partial charge on any atom is -0.479 e. The van der Waals surface area contributed by atoms with Crippen LogP contribution in [-0.2, 0) is 19.1 Å². The van der Waals surface area contributed by atoms with Crippen LogP contribution in [0.4, 0.5) is 0 Å². The van der Waals surface area contributed by atoms with Gasteiger partial charge in [-0.2, -0.15) is 0 Å². The Balaban J connectivity index is 2.33. The lowest BCUT2D eigenvalue weighted by atomic mass is 10.1. The number of carbonyl (C=O) groups is 2. The van der Waals surface area contributed by atoms with E-state index in [0.29, 0.717) is 18.2 Å². The number of aliphatic carboxylic acids is 1. The molecule has 7 nitrogen and oxygen atoms in total. The SMILES string of the molecule is COCCN1C(=O)COC(C(=O)O)C1c1nc(C)cs1. The number of rotatable bonds is 5. The fraction of sp³-hybridized carbons (Fsp3) is 0.583. The molecule has 0 spiro atoms. The van der Waals surface area contributed by atoms with Gasteiger partial charge in [0.05, 0.1) is 6.61 Å². The second-order valence-corrected chi connectivity index (χ2v) is 5.31. The molecule has 0 bridgehead atoms. The summed E-state index contributed by atoms with van der Waals surface area (Å²) in [5, 5.41) is 11.7. The first-order chi connectivity index (χ1) is 9.54. The van der Waals surface area contributed by atoms with Gasteiger partial charge in [-0.25, -0.2) is 9.78 Å². The summed E-state index contributed by atoms with van der Waals surface area (Å²) in [4.78, 5) is 29.1. The van der Waals surface area contributed by atoms with E-state index in [4.69, 9.17) is 9.47 Å². The third-order valence-corrected chi connectivity index (χ3v) is 4.03. The summed E-state index contributed by atoms with van der Waals surface area (Å²) in [6, 6.07) is -0.706. The molecule has 1 fully saturated rings. The van der Waals surface area contributed by atoms with Crippen LogP contribution in [0.1, 0.15) is 16.7 Å². The van der Waals surface area contributed by atoms with Gasteiger partial charge in [0.15, 0.2) is 6.10 Å². The fourth-order valence-corrected chi connectivity index (χ4v) is 3.02. The molecule has 20 heavy (non-hydrogen) atoms. The van der Waals surface area contributed by atoms with E-state index in [-0.39, 0.29) is 12.5 Å². The van der Waals surface area contributed by atoms with Crippen molar-refractivity contribution in [1.82, 2.24) is 9.88 Å². The molecule has 0 aromatic carbocycles. The lowest BCUT2D eigenvalue weighted by Gasteiger charge is -2.37. The Morgan fingerprint density at radius 3 is 3.00 bits per heavy atom. The monoisotopic (exact) mass is 300 g/mol. The van der Waals surface area contributed by atoms with Gasteiger partial charge >= 0.3 is 5.97 Å². The van der Waals surface area contributed by atoms with E-state index in [9.17, 15) is 14.7 Å². The number of methoxy groups -OCH3 is 1. The summed E-state index contributed by atoms with van der Waals surface area (Å²) in [6.07, 6.45) is -1.10. The highest BCUT2D eigenvalue weighted by Gasteiger charge is 2.43. The Morgan fingerprint density at radius 2 is 2.45 bits per heavy atom. The predicted octanol–water partition coefficient (Wildman–Crippen LogP) is 0.451. The van der Waals surface area contributed by atoms with Gasteiger partial charge in [-0.3, -0.25) is 4.79 Å². The molecule has 2 atom stereocenters. The van der Waals surface area contributed by atoms with Gasteiger partial charge in [0, 0.05) is 24.7 Å². The van der Waals surface area contributed by atoms with Crippen molar-refractivity contribution in [2.75, 3.05) is 26.9 Å². The first-order valence-corrected chi connectivity index (χ1v) is 6.97. The molecule has 1 aromatic rings. The van der Waals surface area contributed by atoms with Gasteiger partial charge in [0.1, 0.15) is 17.7 Å². The van der Waals surface area contributed by atoms with Crippen molar-refractivity contribution in [3.63, 3.8) is 0 Å². The minimum absolute atomic E-state index is 0.235. The first kappa shape index (κ1) is 14.9. The van der Waals surface area contributed by atoms with Gasteiger partial charge in [-0.05, 0) is 6.92 Å².